The van der Waals surface area contributed by atoms with Crippen molar-refractivity contribution in [3.05, 3.63) is 52.0 Å². The fourth-order valence-corrected chi connectivity index (χ4v) is 4.31. The molecule has 2 atom stereocenters. The third kappa shape index (κ3) is 4.00. The smallest absolute Gasteiger partial charge is 0.417 e. The highest BCUT2D eigenvalue weighted by Crippen LogP contribution is 2.45. The van der Waals surface area contributed by atoms with Gasteiger partial charge < -0.3 is 19.5 Å². The Kier molecular flexibility index (Phi) is 6.07. The van der Waals surface area contributed by atoms with Crippen LogP contribution in [0.15, 0.2) is 30.3 Å². The lowest BCUT2D eigenvalue weighted by Crippen LogP contribution is -2.43. The summed E-state index contributed by atoms with van der Waals surface area (Å²) >= 11 is 5.63. The molecule has 0 aliphatic carbocycles. The summed E-state index contributed by atoms with van der Waals surface area (Å²) in [5.41, 5.74) is -0.873. The Balaban J connectivity index is 1.64. The maximum absolute atomic E-state index is 13.2. The van der Waals surface area contributed by atoms with Gasteiger partial charge in [0.1, 0.15) is 11.6 Å². The Labute approximate surface area is 196 Å². The predicted molar refractivity (Wildman–Crippen MR) is 113 cm³/mol. The Morgan fingerprint density at radius 2 is 1.91 bits per heavy atom. The van der Waals surface area contributed by atoms with E-state index < -0.39 is 46.8 Å². The number of carbonyl (C=O) groups excluding carboxylic acids is 3. The number of amides is 2. The van der Waals surface area contributed by atoms with Gasteiger partial charge in [-0.1, -0.05) is 11.6 Å². The number of rotatable bonds is 5. The summed E-state index contributed by atoms with van der Waals surface area (Å²) in [5.74, 6) is -1.54. The molecule has 180 valence electrons. The van der Waals surface area contributed by atoms with Gasteiger partial charge in [0.15, 0.2) is 11.5 Å². The third-order valence-corrected chi connectivity index (χ3v) is 5.95. The molecule has 0 saturated carbocycles. The van der Waals surface area contributed by atoms with Crippen molar-refractivity contribution in [1.29, 1.82) is 0 Å². The van der Waals surface area contributed by atoms with E-state index in [1.54, 1.807) is 0 Å². The highest BCUT2D eigenvalue weighted by molar-refractivity contribution is 6.31. The van der Waals surface area contributed by atoms with Gasteiger partial charge >= 0.3 is 12.1 Å². The monoisotopic (exact) mass is 498 g/mol. The quantitative estimate of drug-likeness (QED) is 0.622. The van der Waals surface area contributed by atoms with Crippen LogP contribution in [0.25, 0.3) is 0 Å². The molecule has 4 rings (SSSR count). The topological polar surface area (TPSA) is 94.2 Å². The number of halogens is 4. The molecule has 34 heavy (non-hydrogen) atoms. The molecular weight excluding hydrogens is 481 g/mol. The number of methoxy groups -OCH3 is 2. The zero-order valence-corrected chi connectivity index (χ0v) is 18.6. The predicted octanol–water partition coefficient (Wildman–Crippen LogP) is 4.17. The molecule has 0 aromatic heterocycles. The average Bonchev–Trinajstić information content (AvgIpc) is 3.33. The largest absolute Gasteiger partial charge is 0.493 e. The van der Waals surface area contributed by atoms with E-state index in [1.165, 1.54) is 32.4 Å². The number of anilines is 1. The molecule has 2 aromatic carbocycles. The van der Waals surface area contributed by atoms with E-state index in [1.807, 2.05) is 0 Å². The molecule has 1 saturated heterocycles. The van der Waals surface area contributed by atoms with Crippen LogP contribution >= 0.6 is 11.6 Å². The second-order valence-electron chi connectivity index (χ2n) is 7.56. The first-order valence-corrected chi connectivity index (χ1v) is 10.4. The first-order valence-electron chi connectivity index (χ1n) is 10.0. The number of fused-ring (bicyclic) bond motifs is 1. The lowest BCUT2D eigenvalue weighted by Gasteiger charge is -2.29. The Morgan fingerprint density at radius 1 is 1.18 bits per heavy atom. The Bertz CT molecular complexity index is 1190. The van der Waals surface area contributed by atoms with Crippen LogP contribution in [0.3, 0.4) is 0 Å². The van der Waals surface area contributed by atoms with Gasteiger partial charge in [-0.25, -0.2) is 4.79 Å². The second kappa shape index (κ2) is 8.71. The van der Waals surface area contributed by atoms with Crippen LogP contribution in [0.5, 0.6) is 11.5 Å². The van der Waals surface area contributed by atoms with Crippen LogP contribution in [0.4, 0.5) is 18.9 Å². The summed E-state index contributed by atoms with van der Waals surface area (Å²) in [6.45, 7) is 0. The fourth-order valence-electron chi connectivity index (χ4n) is 4.09. The first-order chi connectivity index (χ1) is 16.1. The highest BCUT2D eigenvalue weighted by Gasteiger charge is 2.48. The van der Waals surface area contributed by atoms with Gasteiger partial charge in [0, 0.05) is 17.7 Å². The number of carbonyl (C=O) groups is 3. The molecular formula is C22H18ClF3N2O6. The Morgan fingerprint density at radius 3 is 2.56 bits per heavy atom. The third-order valence-electron chi connectivity index (χ3n) is 5.62. The highest BCUT2D eigenvalue weighted by atomic mass is 35.5. The van der Waals surface area contributed by atoms with E-state index in [-0.39, 0.29) is 35.6 Å². The lowest BCUT2D eigenvalue weighted by molar-refractivity contribution is -0.144. The molecule has 0 spiro atoms. The normalized spacial score (nSPS) is 19.6. The molecule has 1 N–H and O–H groups in total. The van der Waals surface area contributed by atoms with Crippen molar-refractivity contribution in [3.63, 3.8) is 0 Å². The molecule has 0 unspecified atom stereocenters. The van der Waals surface area contributed by atoms with Gasteiger partial charge in [-0.2, -0.15) is 13.2 Å². The number of alkyl halides is 3. The van der Waals surface area contributed by atoms with Crippen LogP contribution in [-0.4, -0.2) is 42.9 Å². The standard InChI is InChI=1S/C22H18ClF3N2O6/c1-32-15-7-4-11-17(18(15)33-2)21(31)34-20(11)28-14(6-8-16(28)29)19(30)27-10-3-5-13(23)12(9-10)22(24,25)26/h3-5,7,9,14,20H,6,8H2,1-2H3,(H,27,30)/t14-,20-/m1/s1. The molecule has 2 aliphatic rings. The van der Waals surface area contributed by atoms with Gasteiger partial charge in [0.25, 0.3) is 0 Å². The van der Waals surface area contributed by atoms with Crippen molar-refractivity contribution < 1.29 is 41.8 Å². The van der Waals surface area contributed by atoms with Gasteiger partial charge in [-0.15, -0.1) is 0 Å². The van der Waals surface area contributed by atoms with Gasteiger partial charge in [0.05, 0.1) is 24.8 Å². The number of nitrogens with zero attached hydrogens (tertiary/aromatic N) is 1. The maximum atomic E-state index is 13.2. The first kappa shape index (κ1) is 23.7. The number of ether oxygens (including phenoxy) is 3. The summed E-state index contributed by atoms with van der Waals surface area (Å²) in [6.07, 6.45) is -5.84. The van der Waals surface area contributed by atoms with E-state index >= 15 is 0 Å². The number of nitrogens with one attached hydrogen (secondary N) is 1. The number of hydrogen-bond acceptors (Lipinski definition) is 6. The molecule has 1 fully saturated rings. The second-order valence-corrected chi connectivity index (χ2v) is 7.97. The van der Waals surface area contributed by atoms with Gasteiger partial charge in [-0.3, -0.25) is 14.5 Å². The minimum atomic E-state index is -4.71. The summed E-state index contributed by atoms with van der Waals surface area (Å²) in [5, 5.41) is 1.88. The van der Waals surface area contributed by atoms with Crippen molar-refractivity contribution in [2.24, 2.45) is 0 Å². The zero-order chi connectivity index (χ0) is 24.8. The molecule has 12 heteroatoms. The van der Waals surface area contributed by atoms with E-state index in [2.05, 4.69) is 5.32 Å². The summed E-state index contributed by atoms with van der Waals surface area (Å²) in [6, 6.07) is 4.93. The van der Waals surface area contributed by atoms with Crippen LogP contribution in [0.2, 0.25) is 5.02 Å². The van der Waals surface area contributed by atoms with Crippen molar-refractivity contribution in [1.82, 2.24) is 4.90 Å². The molecule has 2 amide bonds. The van der Waals surface area contributed by atoms with E-state index in [9.17, 15) is 27.6 Å². The molecule has 2 aliphatic heterocycles. The van der Waals surface area contributed by atoms with Crippen LogP contribution in [0, 0.1) is 0 Å². The van der Waals surface area contributed by atoms with Gasteiger partial charge in [-0.05, 0) is 36.8 Å². The zero-order valence-electron chi connectivity index (χ0n) is 17.9. The van der Waals surface area contributed by atoms with Crippen molar-refractivity contribution in [2.45, 2.75) is 31.3 Å². The number of benzene rings is 2. The summed E-state index contributed by atoms with van der Waals surface area (Å²) < 4.78 is 55.4. The van der Waals surface area contributed by atoms with E-state index in [4.69, 9.17) is 25.8 Å². The van der Waals surface area contributed by atoms with Crippen LogP contribution in [0.1, 0.15) is 40.6 Å². The molecule has 8 nitrogen and oxygen atoms in total. The van der Waals surface area contributed by atoms with Crippen LogP contribution < -0.4 is 14.8 Å². The van der Waals surface area contributed by atoms with Crippen molar-refractivity contribution >= 4 is 35.1 Å². The SMILES string of the molecule is COc1ccc2c(c1OC)C(=O)O[C@H]2N1C(=O)CC[C@@H]1C(=O)Nc1ccc(Cl)c(C(F)(F)F)c1. The Hall–Kier alpha value is -3.47. The summed E-state index contributed by atoms with van der Waals surface area (Å²) in [7, 11) is 2.74. The lowest BCUT2D eigenvalue weighted by atomic mass is 10.0. The maximum Gasteiger partial charge on any atom is 0.417 e. The molecule has 2 aromatic rings. The minimum Gasteiger partial charge on any atom is -0.493 e. The minimum absolute atomic E-state index is 0.0107. The number of cyclic esters (lactones) is 1. The van der Waals surface area contributed by atoms with Crippen molar-refractivity contribution in [3.8, 4) is 11.5 Å². The van der Waals surface area contributed by atoms with Gasteiger partial charge in [0.2, 0.25) is 18.0 Å². The average molecular weight is 499 g/mol. The number of esters is 1. The van der Waals surface area contributed by atoms with Crippen molar-refractivity contribution in [2.75, 3.05) is 19.5 Å². The summed E-state index contributed by atoms with van der Waals surface area (Å²) in [4.78, 5) is 39.4. The number of hydrogen-bond donors (Lipinski definition) is 1. The molecule has 0 bridgehead atoms. The van der Waals surface area contributed by atoms with Crippen LogP contribution in [-0.2, 0) is 20.5 Å². The van der Waals surface area contributed by atoms with E-state index in [0.29, 0.717) is 11.6 Å². The fraction of sp³-hybridized carbons (Fsp3) is 0.318. The van der Waals surface area contributed by atoms with E-state index in [0.717, 1.165) is 11.0 Å². The molecule has 2 heterocycles. The molecule has 0 radical (unpaired) electrons. The number of likely N-dealkylation sites (tertiary alicyclic amines) is 1.